The molecular weight excluding hydrogens is 236 g/mol. The summed E-state index contributed by atoms with van der Waals surface area (Å²) in [6, 6.07) is 10.3. The third kappa shape index (κ3) is 15.1. The van der Waals surface area contributed by atoms with Crippen LogP contribution in [0, 0.1) is 6.92 Å². The van der Waals surface area contributed by atoms with Gasteiger partial charge in [-0.05, 0) is 19.8 Å². The molecule has 1 aromatic carbocycles. The van der Waals surface area contributed by atoms with Crippen LogP contribution in [-0.4, -0.2) is 23.4 Å². The highest BCUT2D eigenvalue weighted by molar-refractivity contribution is 5.11. The molecule has 0 saturated heterocycles. The lowest BCUT2D eigenvalue weighted by Gasteiger charge is -1.99. The Labute approximate surface area is 118 Å². The summed E-state index contributed by atoms with van der Waals surface area (Å²) in [5.41, 5.74) is 1.32. The molecule has 2 nitrogen and oxygen atoms in total. The van der Waals surface area contributed by atoms with Crippen LogP contribution >= 0.6 is 0 Å². The predicted octanol–water partition coefficient (Wildman–Crippen LogP) is 4.09. The molecule has 0 radical (unpaired) electrons. The van der Waals surface area contributed by atoms with E-state index in [1.165, 1.54) is 31.2 Å². The lowest BCUT2D eigenvalue weighted by atomic mass is 10.1. The van der Waals surface area contributed by atoms with Crippen molar-refractivity contribution < 1.29 is 10.2 Å². The van der Waals surface area contributed by atoms with E-state index in [4.69, 9.17) is 10.2 Å². The van der Waals surface area contributed by atoms with Crippen LogP contribution in [0.15, 0.2) is 30.3 Å². The molecule has 0 aliphatic heterocycles. The summed E-state index contributed by atoms with van der Waals surface area (Å²) in [6.45, 7) is 2.76. The molecule has 0 atom stereocenters. The van der Waals surface area contributed by atoms with Crippen LogP contribution in [0.1, 0.15) is 56.9 Å². The summed E-state index contributed by atoms with van der Waals surface area (Å²) in [4.78, 5) is 0. The van der Waals surface area contributed by atoms with Gasteiger partial charge in [0.2, 0.25) is 0 Å². The summed E-state index contributed by atoms with van der Waals surface area (Å²) in [7, 11) is 0. The van der Waals surface area contributed by atoms with E-state index in [0.717, 1.165) is 25.7 Å². The molecule has 0 aliphatic rings. The highest BCUT2D eigenvalue weighted by atomic mass is 16.3. The van der Waals surface area contributed by atoms with Crippen molar-refractivity contribution in [2.45, 2.75) is 58.3 Å². The first-order chi connectivity index (χ1) is 9.31. The Morgan fingerprint density at radius 3 is 1.26 bits per heavy atom. The fraction of sp³-hybridized carbons (Fsp3) is 0.647. The molecule has 0 amide bonds. The number of unbranched alkanes of at least 4 members (excludes halogenated alkanes) is 7. The van der Waals surface area contributed by atoms with Crippen molar-refractivity contribution in [2.24, 2.45) is 0 Å². The lowest BCUT2D eigenvalue weighted by Crippen LogP contribution is -1.85. The van der Waals surface area contributed by atoms with Crippen molar-refractivity contribution in [2.75, 3.05) is 13.2 Å². The number of rotatable bonds is 9. The van der Waals surface area contributed by atoms with E-state index in [9.17, 15) is 0 Å². The molecule has 110 valence electrons. The Hall–Kier alpha value is -0.860. The van der Waals surface area contributed by atoms with Gasteiger partial charge < -0.3 is 10.2 Å². The van der Waals surface area contributed by atoms with Gasteiger partial charge in [-0.3, -0.25) is 0 Å². The average molecular weight is 266 g/mol. The highest BCUT2D eigenvalue weighted by Crippen LogP contribution is 2.07. The van der Waals surface area contributed by atoms with E-state index in [-0.39, 0.29) is 0 Å². The summed E-state index contributed by atoms with van der Waals surface area (Å²) in [5, 5.41) is 17.0. The van der Waals surface area contributed by atoms with Gasteiger partial charge in [0.05, 0.1) is 0 Å². The van der Waals surface area contributed by atoms with E-state index >= 15 is 0 Å². The third-order valence-electron chi connectivity index (χ3n) is 3.01. The van der Waals surface area contributed by atoms with Crippen molar-refractivity contribution >= 4 is 0 Å². The fourth-order valence-electron chi connectivity index (χ4n) is 1.82. The van der Waals surface area contributed by atoms with Crippen LogP contribution in [0.4, 0.5) is 0 Å². The molecule has 1 aromatic rings. The predicted molar refractivity (Wildman–Crippen MR) is 82.3 cm³/mol. The van der Waals surface area contributed by atoms with Gasteiger partial charge in [0, 0.05) is 13.2 Å². The average Bonchev–Trinajstić information content (AvgIpc) is 2.43. The Morgan fingerprint density at radius 1 is 0.632 bits per heavy atom. The molecular formula is C17H30O2. The molecule has 0 aromatic heterocycles. The number of aliphatic hydroxyl groups is 2. The molecule has 0 heterocycles. The molecule has 0 saturated carbocycles. The van der Waals surface area contributed by atoms with Crippen LogP contribution in [0.25, 0.3) is 0 Å². The second-order valence-electron chi connectivity index (χ2n) is 4.93. The maximum absolute atomic E-state index is 8.51. The molecule has 0 fully saturated rings. The second kappa shape index (κ2) is 15.2. The summed E-state index contributed by atoms with van der Waals surface area (Å²) >= 11 is 0. The molecule has 0 spiro atoms. The largest absolute Gasteiger partial charge is 0.396 e. The van der Waals surface area contributed by atoms with Gasteiger partial charge >= 0.3 is 0 Å². The van der Waals surface area contributed by atoms with Crippen molar-refractivity contribution in [3.63, 3.8) is 0 Å². The molecule has 19 heavy (non-hydrogen) atoms. The first-order valence-corrected chi connectivity index (χ1v) is 7.54. The zero-order chi connectivity index (χ0) is 14.2. The zero-order valence-corrected chi connectivity index (χ0v) is 12.4. The minimum atomic E-state index is 0.338. The van der Waals surface area contributed by atoms with Crippen LogP contribution in [0.3, 0.4) is 0 Å². The number of aliphatic hydroxyl groups excluding tert-OH is 2. The van der Waals surface area contributed by atoms with E-state index in [1.807, 2.05) is 18.2 Å². The Bertz CT molecular complexity index is 249. The summed E-state index contributed by atoms with van der Waals surface area (Å²) in [6.07, 6.45) is 9.30. The van der Waals surface area contributed by atoms with Crippen LogP contribution in [0.5, 0.6) is 0 Å². The molecule has 0 unspecified atom stereocenters. The smallest absolute Gasteiger partial charge is 0.0431 e. The van der Waals surface area contributed by atoms with E-state index < -0.39 is 0 Å². The van der Waals surface area contributed by atoms with Gasteiger partial charge in [-0.1, -0.05) is 74.4 Å². The van der Waals surface area contributed by atoms with Gasteiger partial charge in [-0.2, -0.15) is 0 Å². The number of hydrogen-bond acceptors (Lipinski definition) is 2. The number of hydrogen-bond donors (Lipinski definition) is 2. The summed E-state index contributed by atoms with van der Waals surface area (Å²) in [5.74, 6) is 0. The SMILES string of the molecule is Cc1ccccc1.OCCCCCCCCCCO. The first kappa shape index (κ1) is 18.1. The monoisotopic (exact) mass is 266 g/mol. The quantitative estimate of drug-likeness (QED) is 0.661. The summed E-state index contributed by atoms with van der Waals surface area (Å²) < 4.78 is 0. The first-order valence-electron chi connectivity index (χ1n) is 7.54. The second-order valence-corrected chi connectivity index (χ2v) is 4.93. The van der Waals surface area contributed by atoms with Gasteiger partial charge in [-0.25, -0.2) is 0 Å². The standard InChI is InChI=1S/C10H22O2.C7H8/c11-9-7-5-3-1-2-4-6-8-10-12;1-7-5-3-2-4-6-7/h11-12H,1-10H2;2-6H,1H3. The van der Waals surface area contributed by atoms with Crippen molar-refractivity contribution in [3.8, 4) is 0 Å². The molecule has 1 rings (SSSR count). The van der Waals surface area contributed by atoms with Gasteiger partial charge in [0.1, 0.15) is 0 Å². The van der Waals surface area contributed by atoms with Gasteiger partial charge in [-0.15, -0.1) is 0 Å². The molecule has 2 N–H and O–H groups in total. The maximum atomic E-state index is 8.51. The number of benzene rings is 1. The number of aryl methyl sites for hydroxylation is 1. The fourth-order valence-corrected chi connectivity index (χ4v) is 1.82. The molecule has 0 bridgehead atoms. The topological polar surface area (TPSA) is 40.5 Å². The van der Waals surface area contributed by atoms with Crippen molar-refractivity contribution in [1.82, 2.24) is 0 Å². The highest BCUT2D eigenvalue weighted by Gasteiger charge is 1.90. The van der Waals surface area contributed by atoms with Crippen molar-refractivity contribution in [3.05, 3.63) is 35.9 Å². The Balaban J connectivity index is 0.000000388. The molecule has 0 aliphatic carbocycles. The van der Waals surface area contributed by atoms with Gasteiger partial charge in [0.15, 0.2) is 0 Å². The van der Waals surface area contributed by atoms with Crippen LogP contribution < -0.4 is 0 Å². The van der Waals surface area contributed by atoms with E-state index in [0.29, 0.717) is 13.2 Å². The third-order valence-corrected chi connectivity index (χ3v) is 3.01. The zero-order valence-electron chi connectivity index (χ0n) is 12.4. The Morgan fingerprint density at radius 2 is 1.00 bits per heavy atom. The lowest BCUT2D eigenvalue weighted by molar-refractivity contribution is 0.279. The van der Waals surface area contributed by atoms with E-state index in [2.05, 4.69) is 19.1 Å². The minimum Gasteiger partial charge on any atom is -0.396 e. The molecule has 2 heteroatoms. The van der Waals surface area contributed by atoms with Crippen LogP contribution in [-0.2, 0) is 0 Å². The maximum Gasteiger partial charge on any atom is 0.0431 e. The Kier molecular flexibility index (Phi) is 14.5. The minimum absolute atomic E-state index is 0.338. The van der Waals surface area contributed by atoms with E-state index in [1.54, 1.807) is 0 Å². The normalized spacial score (nSPS) is 9.84. The van der Waals surface area contributed by atoms with Crippen LogP contribution in [0.2, 0.25) is 0 Å². The van der Waals surface area contributed by atoms with Gasteiger partial charge in [0.25, 0.3) is 0 Å². The van der Waals surface area contributed by atoms with Crippen molar-refractivity contribution in [1.29, 1.82) is 0 Å².